The van der Waals surface area contributed by atoms with Crippen LogP contribution in [0.1, 0.15) is 43.0 Å². The lowest BCUT2D eigenvalue weighted by Crippen LogP contribution is -2.04. The van der Waals surface area contributed by atoms with Crippen LogP contribution >= 0.6 is 23.2 Å². The molecule has 0 saturated heterocycles. The van der Waals surface area contributed by atoms with Gasteiger partial charge in [-0.3, -0.25) is 0 Å². The van der Waals surface area contributed by atoms with Crippen molar-refractivity contribution in [3.8, 4) is 11.5 Å². The van der Waals surface area contributed by atoms with Gasteiger partial charge in [-0.2, -0.15) is 0 Å². The topological polar surface area (TPSA) is 115 Å². The molecule has 8 heteroatoms. The molecule has 2 rings (SSSR count). The maximum Gasteiger partial charge on any atom is 0.339 e. The molecule has 0 saturated carbocycles. The van der Waals surface area contributed by atoms with Gasteiger partial charge in [-0.1, -0.05) is 23.2 Å². The van der Waals surface area contributed by atoms with Crippen molar-refractivity contribution in [3.63, 3.8) is 0 Å². The van der Waals surface area contributed by atoms with E-state index in [-0.39, 0.29) is 38.7 Å². The number of rotatable bonds is 4. The summed E-state index contributed by atoms with van der Waals surface area (Å²) in [7, 11) is 0. The van der Waals surface area contributed by atoms with Gasteiger partial charge in [-0.15, -0.1) is 0 Å². The third-order valence-electron chi connectivity index (χ3n) is 3.92. The lowest BCUT2D eigenvalue weighted by molar-refractivity contribution is 0.0682. The number of benzene rings is 2. The average Bonchev–Trinajstić information content (AvgIpc) is 2.54. The first kappa shape index (κ1) is 18.9. The summed E-state index contributed by atoms with van der Waals surface area (Å²) in [4.78, 5) is 22.5. The van der Waals surface area contributed by atoms with Gasteiger partial charge in [-0.05, 0) is 37.1 Å². The zero-order valence-electron chi connectivity index (χ0n) is 13.2. The summed E-state index contributed by atoms with van der Waals surface area (Å²) in [6.45, 7) is 2.94. The Bertz CT molecular complexity index is 831. The minimum Gasteiger partial charge on any atom is -0.507 e. The van der Waals surface area contributed by atoms with Crippen molar-refractivity contribution in [1.29, 1.82) is 0 Å². The molecule has 25 heavy (non-hydrogen) atoms. The van der Waals surface area contributed by atoms with Crippen LogP contribution in [-0.2, 0) is 6.42 Å². The molecular weight excluding hydrogens is 371 g/mol. The van der Waals surface area contributed by atoms with Gasteiger partial charge in [0, 0.05) is 17.5 Å². The summed E-state index contributed by atoms with van der Waals surface area (Å²) in [6, 6.07) is 2.43. The van der Waals surface area contributed by atoms with Gasteiger partial charge >= 0.3 is 11.9 Å². The Balaban J connectivity index is 2.65. The molecule has 0 spiro atoms. The van der Waals surface area contributed by atoms with Crippen LogP contribution in [0, 0.1) is 13.8 Å². The van der Waals surface area contributed by atoms with E-state index in [1.165, 1.54) is 26.0 Å². The van der Waals surface area contributed by atoms with Gasteiger partial charge in [0.25, 0.3) is 0 Å². The van der Waals surface area contributed by atoms with Crippen molar-refractivity contribution in [1.82, 2.24) is 0 Å². The zero-order chi connectivity index (χ0) is 19.0. The van der Waals surface area contributed by atoms with Crippen molar-refractivity contribution >= 4 is 35.1 Å². The fourth-order valence-corrected chi connectivity index (χ4v) is 2.92. The van der Waals surface area contributed by atoms with E-state index in [9.17, 15) is 30.0 Å². The second-order valence-electron chi connectivity index (χ2n) is 5.53. The Morgan fingerprint density at radius 2 is 1.16 bits per heavy atom. The minimum absolute atomic E-state index is 0.0282. The molecule has 0 unspecified atom stereocenters. The number of carbonyl (C=O) groups is 2. The molecule has 6 nitrogen and oxygen atoms in total. The van der Waals surface area contributed by atoms with E-state index < -0.39 is 23.4 Å². The van der Waals surface area contributed by atoms with Crippen LogP contribution in [0.3, 0.4) is 0 Å². The van der Waals surface area contributed by atoms with Crippen LogP contribution in [0.5, 0.6) is 11.5 Å². The van der Waals surface area contributed by atoms with Crippen molar-refractivity contribution in [2.75, 3.05) is 0 Å². The molecule has 4 N–H and O–H groups in total. The summed E-state index contributed by atoms with van der Waals surface area (Å²) < 4.78 is 0. The molecular formula is C17H14Cl2O6. The van der Waals surface area contributed by atoms with Crippen molar-refractivity contribution < 1.29 is 30.0 Å². The number of aromatic carboxylic acids is 2. The Labute approximate surface area is 152 Å². The highest BCUT2D eigenvalue weighted by Crippen LogP contribution is 2.37. The van der Waals surface area contributed by atoms with Crippen LogP contribution in [0.2, 0.25) is 10.0 Å². The minimum atomic E-state index is -1.32. The van der Waals surface area contributed by atoms with Gasteiger partial charge < -0.3 is 20.4 Å². The lowest BCUT2D eigenvalue weighted by atomic mass is 9.96. The Morgan fingerprint density at radius 3 is 1.44 bits per heavy atom. The highest BCUT2D eigenvalue weighted by molar-refractivity contribution is 6.33. The first-order valence-corrected chi connectivity index (χ1v) is 7.80. The predicted molar refractivity (Wildman–Crippen MR) is 92.4 cm³/mol. The van der Waals surface area contributed by atoms with Crippen LogP contribution in [0.15, 0.2) is 12.1 Å². The van der Waals surface area contributed by atoms with Crippen molar-refractivity contribution in [2.24, 2.45) is 0 Å². The third kappa shape index (κ3) is 3.36. The largest absolute Gasteiger partial charge is 0.507 e. The quantitative estimate of drug-likeness (QED) is 0.632. The molecule has 0 aliphatic heterocycles. The summed E-state index contributed by atoms with van der Waals surface area (Å²) >= 11 is 12.4. The molecule has 2 aromatic rings. The normalized spacial score (nSPS) is 10.7. The summed E-state index contributed by atoms with van der Waals surface area (Å²) in [6.07, 6.45) is 0.0282. The highest BCUT2D eigenvalue weighted by atomic mass is 35.5. The number of hydrogen-bond donors (Lipinski definition) is 4. The van der Waals surface area contributed by atoms with Crippen LogP contribution in [-0.4, -0.2) is 32.4 Å². The molecule has 0 aliphatic rings. The fraction of sp³-hybridized carbons (Fsp3) is 0.176. The fourth-order valence-electron chi connectivity index (χ4n) is 2.49. The molecule has 2 aromatic carbocycles. The van der Waals surface area contributed by atoms with Crippen LogP contribution in [0.4, 0.5) is 0 Å². The summed E-state index contributed by atoms with van der Waals surface area (Å²) in [5, 5.41) is 38.5. The molecule has 0 heterocycles. The molecule has 0 bridgehead atoms. The van der Waals surface area contributed by atoms with Crippen LogP contribution < -0.4 is 0 Å². The van der Waals surface area contributed by atoms with E-state index in [1.807, 2.05) is 0 Å². The third-order valence-corrected chi connectivity index (χ3v) is 4.97. The summed E-state index contributed by atoms with van der Waals surface area (Å²) in [5.41, 5.74) is 0.475. The Morgan fingerprint density at radius 1 is 0.840 bits per heavy atom. The molecule has 0 radical (unpaired) electrons. The van der Waals surface area contributed by atoms with Gasteiger partial charge in [0.15, 0.2) is 0 Å². The molecule has 0 fully saturated rings. The Kier molecular flexibility index (Phi) is 5.15. The number of carboxylic acid groups (broad SMARTS) is 2. The van der Waals surface area contributed by atoms with Gasteiger partial charge in [0.2, 0.25) is 0 Å². The standard InChI is InChI=1S/C17H14Cl2O6/c1-6-12(18)8(4-10(14(6)20)16(22)23)3-9-5-11(17(24)25)15(21)7(2)13(9)19/h4-5,20-21H,3H2,1-2H3,(H,22,23)(H,24,25). The van der Waals surface area contributed by atoms with E-state index in [0.717, 1.165) is 0 Å². The monoisotopic (exact) mass is 384 g/mol. The van der Waals surface area contributed by atoms with E-state index >= 15 is 0 Å². The van der Waals surface area contributed by atoms with Crippen molar-refractivity contribution in [3.05, 3.63) is 55.6 Å². The first-order valence-electron chi connectivity index (χ1n) is 7.04. The Hall–Kier alpha value is -2.44. The van der Waals surface area contributed by atoms with Crippen molar-refractivity contribution in [2.45, 2.75) is 20.3 Å². The number of hydrogen-bond acceptors (Lipinski definition) is 4. The van der Waals surface area contributed by atoms with E-state index in [2.05, 4.69) is 0 Å². The van der Waals surface area contributed by atoms with E-state index in [4.69, 9.17) is 23.2 Å². The number of phenols is 2. The molecule has 0 aliphatic carbocycles. The summed E-state index contributed by atoms with van der Waals surface area (Å²) in [5.74, 6) is -3.50. The second-order valence-corrected chi connectivity index (χ2v) is 6.28. The van der Waals surface area contributed by atoms with Crippen LogP contribution in [0.25, 0.3) is 0 Å². The predicted octanol–water partition coefficient (Wildman–Crippen LogP) is 4.01. The average molecular weight is 385 g/mol. The van der Waals surface area contributed by atoms with Gasteiger partial charge in [0.05, 0.1) is 10.0 Å². The molecule has 132 valence electrons. The lowest BCUT2D eigenvalue weighted by Gasteiger charge is -2.15. The van der Waals surface area contributed by atoms with Gasteiger partial charge in [-0.25, -0.2) is 9.59 Å². The van der Waals surface area contributed by atoms with E-state index in [0.29, 0.717) is 11.1 Å². The highest BCUT2D eigenvalue weighted by Gasteiger charge is 2.21. The number of carboxylic acids is 2. The smallest absolute Gasteiger partial charge is 0.339 e. The maximum atomic E-state index is 11.3. The van der Waals surface area contributed by atoms with Gasteiger partial charge in [0.1, 0.15) is 22.6 Å². The molecule has 0 atom stereocenters. The SMILES string of the molecule is Cc1c(O)c(C(=O)O)cc(Cc2cc(C(=O)O)c(O)c(C)c2Cl)c1Cl. The zero-order valence-corrected chi connectivity index (χ0v) is 14.7. The number of aromatic hydroxyl groups is 2. The first-order chi connectivity index (χ1) is 11.6. The molecule has 0 aromatic heterocycles. The van der Waals surface area contributed by atoms with E-state index in [1.54, 1.807) is 0 Å². The molecule has 0 amide bonds. The maximum absolute atomic E-state index is 11.3. The number of halogens is 2. The second kappa shape index (κ2) is 6.82.